The molecular weight excluding hydrogens is 188 g/mol. The number of carbonyl (C=O) groups is 1. The lowest BCUT2D eigenvalue weighted by molar-refractivity contribution is 0.112. The molecular formula is C13H18O2. The van der Waals surface area contributed by atoms with Crippen LogP contribution in [0, 0.1) is 5.92 Å². The highest BCUT2D eigenvalue weighted by Gasteiger charge is 1.96. The van der Waals surface area contributed by atoms with Crippen molar-refractivity contribution in [2.75, 3.05) is 6.61 Å². The van der Waals surface area contributed by atoms with Crippen molar-refractivity contribution < 1.29 is 9.53 Å². The molecule has 2 nitrogen and oxygen atoms in total. The zero-order valence-corrected chi connectivity index (χ0v) is 9.40. The van der Waals surface area contributed by atoms with Gasteiger partial charge in [-0.05, 0) is 43.0 Å². The molecule has 0 unspecified atom stereocenters. The van der Waals surface area contributed by atoms with Gasteiger partial charge in [-0.3, -0.25) is 4.79 Å². The van der Waals surface area contributed by atoms with Gasteiger partial charge in [-0.25, -0.2) is 0 Å². The summed E-state index contributed by atoms with van der Waals surface area (Å²) < 4.78 is 5.54. The molecule has 0 N–H and O–H groups in total. The van der Waals surface area contributed by atoms with E-state index < -0.39 is 0 Å². The molecule has 15 heavy (non-hydrogen) atoms. The second kappa shape index (κ2) is 6.23. The third kappa shape index (κ3) is 4.63. The summed E-state index contributed by atoms with van der Waals surface area (Å²) in [4.78, 5) is 10.4. The first kappa shape index (κ1) is 11.8. The Bertz CT molecular complexity index is 288. The monoisotopic (exact) mass is 206 g/mol. The van der Waals surface area contributed by atoms with Gasteiger partial charge in [-0.1, -0.05) is 13.8 Å². The Morgan fingerprint density at radius 3 is 2.47 bits per heavy atom. The molecule has 0 bridgehead atoms. The first-order valence-electron chi connectivity index (χ1n) is 5.40. The van der Waals surface area contributed by atoms with Crippen LogP contribution >= 0.6 is 0 Å². The zero-order chi connectivity index (χ0) is 11.1. The van der Waals surface area contributed by atoms with Crippen molar-refractivity contribution >= 4 is 6.29 Å². The van der Waals surface area contributed by atoms with E-state index in [1.54, 1.807) is 12.1 Å². The quantitative estimate of drug-likeness (QED) is 0.527. The Hall–Kier alpha value is -1.31. The van der Waals surface area contributed by atoms with Gasteiger partial charge in [-0.15, -0.1) is 0 Å². The molecule has 0 heterocycles. The minimum Gasteiger partial charge on any atom is -0.494 e. The van der Waals surface area contributed by atoms with Gasteiger partial charge in [-0.2, -0.15) is 0 Å². The molecule has 0 fully saturated rings. The summed E-state index contributed by atoms with van der Waals surface area (Å²) in [7, 11) is 0. The maximum atomic E-state index is 10.4. The first-order valence-corrected chi connectivity index (χ1v) is 5.40. The van der Waals surface area contributed by atoms with Gasteiger partial charge in [0.25, 0.3) is 0 Å². The molecule has 1 aromatic rings. The highest BCUT2D eigenvalue weighted by atomic mass is 16.5. The lowest BCUT2D eigenvalue weighted by atomic mass is 10.1. The highest BCUT2D eigenvalue weighted by molar-refractivity contribution is 5.74. The first-order chi connectivity index (χ1) is 7.22. The van der Waals surface area contributed by atoms with Crippen molar-refractivity contribution in [3.8, 4) is 5.75 Å². The number of hydrogen-bond donors (Lipinski definition) is 0. The van der Waals surface area contributed by atoms with Crippen LogP contribution in [0.2, 0.25) is 0 Å². The molecule has 1 aromatic carbocycles. The van der Waals surface area contributed by atoms with Crippen molar-refractivity contribution in [2.24, 2.45) is 5.92 Å². The summed E-state index contributed by atoms with van der Waals surface area (Å²) in [6, 6.07) is 7.20. The Morgan fingerprint density at radius 1 is 1.27 bits per heavy atom. The van der Waals surface area contributed by atoms with Crippen LogP contribution in [0.4, 0.5) is 0 Å². The molecule has 0 atom stereocenters. The second-order valence-electron chi connectivity index (χ2n) is 4.07. The normalized spacial score (nSPS) is 10.3. The Labute approximate surface area is 91.3 Å². The van der Waals surface area contributed by atoms with E-state index >= 15 is 0 Å². The molecule has 0 saturated carbocycles. The molecule has 1 rings (SSSR count). The molecule has 0 saturated heterocycles. The number of hydrogen-bond acceptors (Lipinski definition) is 2. The van der Waals surface area contributed by atoms with E-state index in [-0.39, 0.29) is 0 Å². The van der Waals surface area contributed by atoms with Crippen LogP contribution in [-0.2, 0) is 0 Å². The van der Waals surface area contributed by atoms with Crippen LogP contribution in [0.15, 0.2) is 24.3 Å². The van der Waals surface area contributed by atoms with Gasteiger partial charge in [0.1, 0.15) is 12.0 Å². The second-order valence-corrected chi connectivity index (χ2v) is 4.07. The van der Waals surface area contributed by atoms with Crippen LogP contribution in [0.1, 0.15) is 37.0 Å². The maximum absolute atomic E-state index is 10.4. The number of aldehydes is 1. The summed E-state index contributed by atoms with van der Waals surface area (Å²) in [5, 5.41) is 0. The van der Waals surface area contributed by atoms with E-state index in [4.69, 9.17) is 4.74 Å². The molecule has 2 heteroatoms. The predicted octanol–water partition coefficient (Wildman–Crippen LogP) is 3.31. The third-order valence-corrected chi connectivity index (χ3v) is 2.21. The number of rotatable bonds is 6. The summed E-state index contributed by atoms with van der Waals surface area (Å²) in [6.45, 7) is 5.16. The molecule has 0 aliphatic carbocycles. The fourth-order valence-corrected chi connectivity index (χ4v) is 1.32. The minimum absolute atomic E-state index is 0.685. The summed E-state index contributed by atoms with van der Waals surface area (Å²) in [5.41, 5.74) is 0.685. The highest BCUT2D eigenvalue weighted by Crippen LogP contribution is 2.12. The van der Waals surface area contributed by atoms with E-state index in [1.807, 2.05) is 12.1 Å². The molecule has 0 aromatic heterocycles. The zero-order valence-electron chi connectivity index (χ0n) is 9.40. The van der Waals surface area contributed by atoms with Crippen LogP contribution < -0.4 is 4.74 Å². The smallest absolute Gasteiger partial charge is 0.150 e. The van der Waals surface area contributed by atoms with Crippen molar-refractivity contribution in [3.63, 3.8) is 0 Å². The fraction of sp³-hybridized carbons (Fsp3) is 0.462. The van der Waals surface area contributed by atoms with Gasteiger partial charge in [0.2, 0.25) is 0 Å². The number of benzene rings is 1. The topological polar surface area (TPSA) is 26.3 Å². The van der Waals surface area contributed by atoms with Gasteiger partial charge in [0.05, 0.1) is 6.61 Å². The average Bonchev–Trinajstić information content (AvgIpc) is 2.25. The Kier molecular flexibility index (Phi) is 4.88. The molecule has 0 aliphatic rings. The van der Waals surface area contributed by atoms with Crippen LogP contribution in [0.5, 0.6) is 5.75 Å². The Balaban J connectivity index is 2.28. The van der Waals surface area contributed by atoms with Crippen molar-refractivity contribution in [3.05, 3.63) is 29.8 Å². The van der Waals surface area contributed by atoms with Gasteiger partial charge in [0.15, 0.2) is 0 Å². The van der Waals surface area contributed by atoms with Gasteiger partial charge >= 0.3 is 0 Å². The van der Waals surface area contributed by atoms with E-state index in [2.05, 4.69) is 13.8 Å². The van der Waals surface area contributed by atoms with Crippen LogP contribution in [-0.4, -0.2) is 12.9 Å². The van der Waals surface area contributed by atoms with Crippen molar-refractivity contribution in [2.45, 2.75) is 26.7 Å². The molecule has 0 aliphatic heterocycles. The lowest BCUT2D eigenvalue weighted by Gasteiger charge is -2.07. The summed E-state index contributed by atoms with van der Waals surface area (Å²) >= 11 is 0. The standard InChI is InChI=1S/C13H18O2/c1-11(2)4-3-9-15-13-7-5-12(10-14)6-8-13/h5-8,10-11H,3-4,9H2,1-2H3. The summed E-state index contributed by atoms with van der Waals surface area (Å²) in [6.07, 6.45) is 3.10. The van der Waals surface area contributed by atoms with Crippen LogP contribution in [0.3, 0.4) is 0 Å². The largest absolute Gasteiger partial charge is 0.494 e. The molecule has 0 amide bonds. The van der Waals surface area contributed by atoms with Crippen molar-refractivity contribution in [1.29, 1.82) is 0 Å². The molecule has 0 radical (unpaired) electrons. The maximum Gasteiger partial charge on any atom is 0.150 e. The molecule has 82 valence electrons. The van der Waals surface area contributed by atoms with Crippen molar-refractivity contribution in [1.82, 2.24) is 0 Å². The number of carbonyl (C=O) groups excluding carboxylic acids is 1. The fourth-order valence-electron chi connectivity index (χ4n) is 1.32. The lowest BCUT2D eigenvalue weighted by Crippen LogP contribution is -1.99. The minimum atomic E-state index is 0.685. The van der Waals surface area contributed by atoms with E-state index in [9.17, 15) is 4.79 Å². The van der Waals surface area contributed by atoms with E-state index in [0.717, 1.165) is 31.0 Å². The Morgan fingerprint density at radius 2 is 1.93 bits per heavy atom. The summed E-state index contributed by atoms with van der Waals surface area (Å²) in [5.74, 6) is 1.57. The predicted molar refractivity (Wildman–Crippen MR) is 61.4 cm³/mol. The SMILES string of the molecule is CC(C)CCCOc1ccc(C=O)cc1. The number of ether oxygens (including phenoxy) is 1. The molecule has 0 spiro atoms. The van der Waals surface area contributed by atoms with Gasteiger partial charge < -0.3 is 4.74 Å². The van der Waals surface area contributed by atoms with E-state index in [0.29, 0.717) is 5.56 Å². The van der Waals surface area contributed by atoms with Gasteiger partial charge in [0, 0.05) is 5.56 Å². The third-order valence-electron chi connectivity index (χ3n) is 2.21. The van der Waals surface area contributed by atoms with Crippen LogP contribution in [0.25, 0.3) is 0 Å². The average molecular weight is 206 g/mol. The van der Waals surface area contributed by atoms with E-state index in [1.165, 1.54) is 6.42 Å².